The van der Waals surface area contributed by atoms with E-state index in [0.717, 1.165) is 19.3 Å². The second-order valence-corrected chi connectivity index (χ2v) is 10.2. The number of rotatable bonds is 4. The minimum Gasteiger partial charge on any atom is -0.466 e. The Bertz CT molecular complexity index is 469. The van der Waals surface area contributed by atoms with Gasteiger partial charge in [-0.15, -0.1) is 0 Å². The van der Waals surface area contributed by atoms with Crippen molar-refractivity contribution in [3.63, 3.8) is 0 Å². The van der Waals surface area contributed by atoms with E-state index >= 15 is 0 Å². The van der Waals surface area contributed by atoms with Crippen LogP contribution in [0.1, 0.15) is 73.6 Å². The van der Waals surface area contributed by atoms with Gasteiger partial charge in [-0.05, 0) is 74.0 Å². The van der Waals surface area contributed by atoms with E-state index in [1.54, 1.807) is 0 Å². The fourth-order valence-corrected chi connectivity index (χ4v) is 5.49. The number of hydrogen-bond donors (Lipinski definition) is 2. The van der Waals surface area contributed by atoms with E-state index in [1.165, 1.54) is 0 Å². The van der Waals surface area contributed by atoms with Crippen LogP contribution >= 0.6 is 0 Å². The number of hydrogen-bond acceptors (Lipinski definition) is 4. The van der Waals surface area contributed by atoms with E-state index in [4.69, 9.17) is 4.74 Å². The van der Waals surface area contributed by atoms with Crippen LogP contribution in [-0.2, 0) is 9.53 Å². The van der Waals surface area contributed by atoms with Gasteiger partial charge in [0.2, 0.25) is 0 Å². The molecule has 2 N–H and O–H groups in total. The van der Waals surface area contributed by atoms with Crippen LogP contribution in [0.5, 0.6) is 0 Å². The van der Waals surface area contributed by atoms with Gasteiger partial charge in [-0.3, -0.25) is 4.79 Å². The maximum Gasteiger partial charge on any atom is 0.308 e. The summed E-state index contributed by atoms with van der Waals surface area (Å²) in [5.41, 5.74) is 0.0816. The third-order valence-corrected chi connectivity index (χ3v) is 6.90. The van der Waals surface area contributed by atoms with Gasteiger partial charge in [0.1, 0.15) is 0 Å². The van der Waals surface area contributed by atoms with E-state index in [-0.39, 0.29) is 47.1 Å². The lowest BCUT2D eigenvalue weighted by atomic mass is 9.61. The fourth-order valence-electron chi connectivity index (χ4n) is 5.49. The van der Waals surface area contributed by atoms with Crippen molar-refractivity contribution in [2.45, 2.75) is 85.9 Å². The molecule has 2 aliphatic carbocycles. The second kappa shape index (κ2) is 8.60. The average Bonchev–Trinajstić information content (AvgIpc) is 2.53. The molecule has 4 nitrogen and oxygen atoms in total. The molecule has 0 amide bonds. The molecular weight excluding hydrogens is 328 g/mol. The van der Waals surface area contributed by atoms with Crippen molar-refractivity contribution >= 4 is 5.97 Å². The number of esters is 1. The first-order chi connectivity index (χ1) is 12.0. The van der Waals surface area contributed by atoms with E-state index in [9.17, 15) is 15.0 Å². The lowest BCUT2D eigenvalue weighted by Crippen LogP contribution is -2.46. The summed E-state index contributed by atoms with van der Waals surface area (Å²) in [7, 11) is 0. The van der Waals surface area contributed by atoms with Crippen molar-refractivity contribution in [1.29, 1.82) is 0 Å². The summed E-state index contributed by atoms with van der Waals surface area (Å²) in [5, 5.41) is 21.8. The molecule has 4 heteroatoms. The van der Waals surface area contributed by atoms with Crippen LogP contribution in [0, 0.1) is 40.9 Å². The van der Waals surface area contributed by atoms with E-state index in [2.05, 4.69) is 27.7 Å². The Morgan fingerprint density at radius 3 is 2.19 bits per heavy atom. The lowest BCUT2D eigenvalue weighted by Gasteiger charge is -2.47. The van der Waals surface area contributed by atoms with Gasteiger partial charge in [0.05, 0.1) is 24.7 Å². The molecule has 2 rings (SSSR count). The highest BCUT2D eigenvalue weighted by atomic mass is 16.5. The summed E-state index contributed by atoms with van der Waals surface area (Å²) in [4.78, 5) is 12.2. The molecule has 0 spiro atoms. The number of carbonyl (C=O) groups excluding carboxylic acids is 1. The van der Waals surface area contributed by atoms with Gasteiger partial charge >= 0.3 is 5.97 Å². The van der Waals surface area contributed by atoms with Gasteiger partial charge < -0.3 is 14.9 Å². The SMILES string of the molecule is CCOC(=O)C1CC(C)C(O)C(CC2CC(C)CC(C(C)(C)C)C2O)C1. The lowest BCUT2D eigenvalue weighted by molar-refractivity contribution is -0.153. The minimum absolute atomic E-state index is 0.0683. The molecule has 2 saturated carbocycles. The van der Waals surface area contributed by atoms with Gasteiger partial charge in [-0.1, -0.05) is 34.6 Å². The highest BCUT2D eigenvalue weighted by Crippen LogP contribution is 2.47. The normalized spacial score (nSPS) is 41.7. The van der Waals surface area contributed by atoms with Gasteiger partial charge in [-0.2, -0.15) is 0 Å². The van der Waals surface area contributed by atoms with Crippen LogP contribution in [0.2, 0.25) is 0 Å². The molecule has 0 saturated heterocycles. The molecule has 8 unspecified atom stereocenters. The Balaban J connectivity index is 2.09. The van der Waals surface area contributed by atoms with Crippen molar-refractivity contribution in [2.75, 3.05) is 6.61 Å². The smallest absolute Gasteiger partial charge is 0.308 e. The average molecular weight is 369 g/mol. The third kappa shape index (κ3) is 5.01. The summed E-state index contributed by atoms with van der Waals surface area (Å²) in [6, 6.07) is 0. The first-order valence-electron chi connectivity index (χ1n) is 10.6. The molecule has 2 fully saturated rings. The van der Waals surface area contributed by atoms with Crippen LogP contribution in [0.3, 0.4) is 0 Å². The zero-order valence-electron chi connectivity index (χ0n) is 17.6. The van der Waals surface area contributed by atoms with Gasteiger partial charge in [0.25, 0.3) is 0 Å². The molecule has 8 atom stereocenters. The summed E-state index contributed by atoms with van der Waals surface area (Å²) < 4.78 is 5.23. The van der Waals surface area contributed by atoms with Crippen molar-refractivity contribution in [3.05, 3.63) is 0 Å². The number of carbonyl (C=O) groups is 1. The molecule has 0 bridgehead atoms. The molecule has 0 aliphatic heterocycles. The Hall–Kier alpha value is -0.610. The molecule has 0 aromatic heterocycles. The van der Waals surface area contributed by atoms with E-state index in [0.29, 0.717) is 25.4 Å². The van der Waals surface area contributed by atoms with Crippen LogP contribution < -0.4 is 0 Å². The molecular formula is C22H40O4. The minimum atomic E-state index is -0.391. The number of aliphatic hydroxyl groups excluding tert-OH is 2. The van der Waals surface area contributed by atoms with Crippen LogP contribution in [0.15, 0.2) is 0 Å². The molecule has 0 radical (unpaired) electrons. The quantitative estimate of drug-likeness (QED) is 0.735. The standard InChI is InChI=1S/C22H40O4/c1-7-26-21(25)17-10-14(3)19(23)16(12-17)11-15-8-13(2)9-18(20(15)24)22(4,5)6/h13-20,23-24H,7-12H2,1-6H3. The Labute approximate surface area is 159 Å². The second-order valence-electron chi connectivity index (χ2n) is 10.2. The Kier molecular flexibility index (Phi) is 7.17. The highest BCUT2D eigenvalue weighted by Gasteiger charge is 2.44. The van der Waals surface area contributed by atoms with Crippen molar-refractivity contribution < 1.29 is 19.7 Å². The molecule has 2 aliphatic rings. The Morgan fingerprint density at radius 2 is 1.62 bits per heavy atom. The van der Waals surface area contributed by atoms with Gasteiger partial charge in [-0.25, -0.2) is 0 Å². The number of ether oxygens (including phenoxy) is 1. The van der Waals surface area contributed by atoms with E-state index < -0.39 is 6.10 Å². The van der Waals surface area contributed by atoms with Gasteiger partial charge in [0, 0.05) is 0 Å². The monoisotopic (exact) mass is 368 g/mol. The van der Waals surface area contributed by atoms with Crippen LogP contribution in [-0.4, -0.2) is 35.0 Å². The summed E-state index contributed by atoms with van der Waals surface area (Å²) in [5.74, 6) is 1.01. The zero-order chi connectivity index (χ0) is 19.6. The molecule has 0 aromatic rings. The van der Waals surface area contributed by atoms with Crippen molar-refractivity contribution in [1.82, 2.24) is 0 Å². The third-order valence-electron chi connectivity index (χ3n) is 6.90. The molecule has 152 valence electrons. The Morgan fingerprint density at radius 1 is 1.00 bits per heavy atom. The maximum atomic E-state index is 12.2. The molecule has 0 aromatic carbocycles. The first kappa shape index (κ1) is 21.7. The first-order valence-corrected chi connectivity index (χ1v) is 10.6. The van der Waals surface area contributed by atoms with Crippen molar-refractivity contribution in [2.24, 2.45) is 40.9 Å². The predicted octanol–water partition coefficient (Wildman–Crippen LogP) is 4.03. The predicted molar refractivity (Wildman–Crippen MR) is 103 cm³/mol. The summed E-state index contributed by atoms with van der Waals surface area (Å²) in [6.07, 6.45) is 3.55. The highest BCUT2D eigenvalue weighted by molar-refractivity contribution is 5.72. The largest absolute Gasteiger partial charge is 0.466 e. The van der Waals surface area contributed by atoms with Crippen molar-refractivity contribution in [3.8, 4) is 0 Å². The summed E-state index contributed by atoms with van der Waals surface area (Å²) >= 11 is 0. The fraction of sp³-hybridized carbons (Fsp3) is 0.955. The van der Waals surface area contributed by atoms with Gasteiger partial charge in [0.15, 0.2) is 0 Å². The van der Waals surface area contributed by atoms with Crippen LogP contribution in [0.4, 0.5) is 0 Å². The van der Waals surface area contributed by atoms with Crippen LogP contribution in [0.25, 0.3) is 0 Å². The zero-order valence-corrected chi connectivity index (χ0v) is 17.6. The molecule has 0 heterocycles. The maximum absolute atomic E-state index is 12.2. The molecule has 26 heavy (non-hydrogen) atoms. The topological polar surface area (TPSA) is 66.8 Å². The van der Waals surface area contributed by atoms with E-state index in [1.807, 2.05) is 13.8 Å². The summed E-state index contributed by atoms with van der Waals surface area (Å²) in [6.45, 7) is 13.2. The number of aliphatic hydroxyl groups is 2.